The monoisotopic (exact) mass is 457 g/mol. The molecule has 5 rings (SSSR count). The number of carbonyl (C=O) groups excluding carboxylic acids is 1. The fourth-order valence-corrected chi connectivity index (χ4v) is 4.90. The summed E-state index contributed by atoms with van der Waals surface area (Å²) in [6, 6.07) is 21.0. The molecule has 0 aliphatic carbocycles. The van der Waals surface area contributed by atoms with Gasteiger partial charge in [0.1, 0.15) is 17.1 Å². The van der Waals surface area contributed by atoms with Crippen molar-refractivity contribution in [3.05, 3.63) is 83.1 Å². The Labute approximate surface area is 193 Å². The van der Waals surface area contributed by atoms with Gasteiger partial charge in [-0.05, 0) is 65.4 Å². The van der Waals surface area contributed by atoms with Crippen molar-refractivity contribution in [1.82, 2.24) is 9.97 Å². The van der Waals surface area contributed by atoms with Crippen molar-refractivity contribution in [3.8, 4) is 26.9 Å². The lowest BCUT2D eigenvalue weighted by molar-refractivity contribution is 0.0993. The smallest absolute Gasteiger partial charge is 0.258 e. The van der Waals surface area contributed by atoms with Crippen molar-refractivity contribution in [2.24, 2.45) is 0 Å². The van der Waals surface area contributed by atoms with E-state index in [9.17, 15) is 4.79 Å². The summed E-state index contributed by atoms with van der Waals surface area (Å²) in [4.78, 5) is 26.8. The van der Waals surface area contributed by atoms with Crippen molar-refractivity contribution in [2.45, 2.75) is 0 Å². The first-order chi connectivity index (χ1) is 15.6. The zero-order valence-electron chi connectivity index (χ0n) is 17.5. The normalized spacial score (nSPS) is 10.9. The molecule has 0 aliphatic heterocycles. The maximum Gasteiger partial charge on any atom is 0.258 e. The number of nitrogens with zero attached hydrogens (tertiary/aromatic N) is 3. The number of ether oxygens (including phenoxy) is 1. The summed E-state index contributed by atoms with van der Waals surface area (Å²) in [6.45, 7) is 0. The molecule has 7 heteroatoms. The van der Waals surface area contributed by atoms with E-state index >= 15 is 0 Å². The molecule has 0 saturated heterocycles. The molecule has 158 valence electrons. The molecule has 0 aliphatic rings. The van der Waals surface area contributed by atoms with Crippen LogP contribution in [0.4, 0.5) is 5.69 Å². The Hall–Kier alpha value is -3.55. The number of methoxy groups -OCH3 is 1. The van der Waals surface area contributed by atoms with E-state index in [1.165, 1.54) is 0 Å². The molecule has 5 aromatic rings. The summed E-state index contributed by atoms with van der Waals surface area (Å²) in [7, 11) is 3.38. The maximum absolute atomic E-state index is 13.2. The van der Waals surface area contributed by atoms with Gasteiger partial charge in [-0.3, -0.25) is 4.79 Å². The molecule has 0 fully saturated rings. The van der Waals surface area contributed by atoms with Crippen molar-refractivity contribution >= 4 is 45.3 Å². The van der Waals surface area contributed by atoms with Gasteiger partial charge in [0.15, 0.2) is 0 Å². The average molecular weight is 458 g/mol. The van der Waals surface area contributed by atoms with E-state index < -0.39 is 0 Å². The third-order valence-electron chi connectivity index (χ3n) is 5.18. The summed E-state index contributed by atoms with van der Waals surface area (Å²) < 4.78 is 5.20. The summed E-state index contributed by atoms with van der Waals surface area (Å²) in [5, 5.41) is 4.07. The topological polar surface area (TPSA) is 55.3 Å². The minimum Gasteiger partial charge on any atom is -0.497 e. The number of thiophene rings is 2. The number of benzene rings is 2. The van der Waals surface area contributed by atoms with Gasteiger partial charge in [0, 0.05) is 18.3 Å². The van der Waals surface area contributed by atoms with E-state index in [1.807, 2.05) is 71.4 Å². The summed E-state index contributed by atoms with van der Waals surface area (Å²) in [6.07, 6.45) is 0. The Kier molecular flexibility index (Phi) is 5.43. The lowest BCUT2D eigenvalue weighted by Gasteiger charge is -2.18. The third-order valence-corrected chi connectivity index (χ3v) is 6.94. The fourth-order valence-electron chi connectivity index (χ4n) is 3.47. The molecule has 0 saturated carbocycles. The molecule has 3 heterocycles. The number of hydrogen-bond acceptors (Lipinski definition) is 6. The van der Waals surface area contributed by atoms with Crippen molar-refractivity contribution < 1.29 is 9.53 Å². The molecule has 3 aromatic heterocycles. The molecule has 5 nitrogen and oxygen atoms in total. The number of amides is 1. The number of aromatic nitrogens is 2. The van der Waals surface area contributed by atoms with Crippen LogP contribution in [-0.4, -0.2) is 30.0 Å². The van der Waals surface area contributed by atoms with Crippen LogP contribution in [0.2, 0.25) is 0 Å². The van der Waals surface area contributed by atoms with Crippen molar-refractivity contribution in [3.63, 3.8) is 0 Å². The molecule has 1 amide bonds. The molecule has 2 aromatic carbocycles. The number of carbonyl (C=O) groups is 1. The van der Waals surface area contributed by atoms with E-state index in [1.54, 1.807) is 41.7 Å². The quantitative estimate of drug-likeness (QED) is 0.308. The minimum absolute atomic E-state index is 0.112. The molecule has 0 radical (unpaired) electrons. The number of rotatable bonds is 5. The van der Waals surface area contributed by atoms with Crippen LogP contribution in [0, 0.1) is 0 Å². The Balaban J connectivity index is 1.56. The van der Waals surface area contributed by atoms with Gasteiger partial charge in [0.2, 0.25) is 0 Å². The van der Waals surface area contributed by atoms with Crippen LogP contribution in [0.1, 0.15) is 10.4 Å². The standard InChI is InChI=1S/C25H19N3O2S2/c1-28(17-8-10-18(30-2)11-9-17)25(29)16-7-12-19-20(15-16)27-24(22-6-4-14-32-22)23(26-19)21-5-3-13-31-21/h3-15H,1-2H3. The minimum atomic E-state index is -0.112. The van der Waals surface area contributed by atoms with E-state index in [-0.39, 0.29) is 5.91 Å². The average Bonchev–Trinajstić information content (AvgIpc) is 3.57. The van der Waals surface area contributed by atoms with E-state index in [2.05, 4.69) is 6.07 Å². The number of hydrogen-bond donors (Lipinski definition) is 0. The molecular formula is C25H19N3O2S2. The summed E-state index contributed by atoms with van der Waals surface area (Å²) in [5.74, 6) is 0.636. The second-order valence-electron chi connectivity index (χ2n) is 7.14. The second-order valence-corrected chi connectivity index (χ2v) is 9.04. The maximum atomic E-state index is 13.2. The van der Waals surface area contributed by atoms with E-state index in [0.717, 1.165) is 38.1 Å². The van der Waals surface area contributed by atoms with Gasteiger partial charge in [0.05, 0.1) is 27.9 Å². The highest BCUT2D eigenvalue weighted by atomic mass is 32.1. The largest absolute Gasteiger partial charge is 0.497 e. The van der Waals surface area contributed by atoms with E-state index in [0.29, 0.717) is 11.1 Å². The Morgan fingerprint density at radius 3 is 2.03 bits per heavy atom. The van der Waals surface area contributed by atoms with Crippen molar-refractivity contribution in [1.29, 1.82) is 0 Å². The highest BCUT2D eigenvalue weighted by molar-refractivity contribution is 7.14. The van der Waals surface area contributed by atoms with Crippen LogP contribution in [0.5, 0.6) is 5.75 Å². The third kappa shape index (κ3) is 3.77. The molecular weight excluding hydrogens is 438 g/mol. The Morgan fingerprint density at radius 2 is 1.47 bits per heavy atom. The summed E-state index contributed by atoms with van der Waals surface area (Å²) >= 11 is 3.27. The van der Waals surface area contributed by atoms with Gasteiger partial charge < -0.3 is 9.64 Å². The molecule has 0 atom stereocenters. The van der Waals surface area contributed by atoms with Crippen LogP contribution >= 0.6 is 22.7 Å². The lowest BCUT2D eigenvalue weighted by Crippen LogP contribution is -2.26. The highest BCUT2D eigenvalue weighted by Gasteiger charge is 2.18. The predicted octanol–water partition coefficient (Wildman–Crippen LogP) is 6.37. The lowest BCUT2D eigenvalue weighted by atomic mass is 10.1. The van der Waals surface area contributed by atoms with E-state index in [4.69, 9.17) is 14.7 Å². The van der Waals surface area contributed by atoms with Crippen LogP contribution in [0.25, 0.3) is 32.2 Å². The SMILES string of the molecule is COc1ccc(N(C)C(=O)c2ccc3nc(-c4cccs4)c(-c4cccs4)nc3c2)cc1. The van der Waals surface area contributed by atoms with Crippen LogP contribution in [0.15, 0.2) is 77.5 Å². The van der Waals surface area contributed by atoms with Crippen molar-refractivity contribution in [2.75, 3.05) is 19.1 Å². The van der Waals surface area contributed by atoms with Gasteiger partial charge in [0.25, 0.3) is 5.91 Å². The fraction of sp³-hybridized carbons (Fsp3) is 0.0800. The molecule has 0 N–H and O–H groups in total. The second kappa shape index (κ2) is 8.53. The van der Waals surface area contributed by atoms with Gasteiger partial charge in [-0.1, -0.05) is 12.1 Å². The number of anilines is 1. The molecule has 0 bridgehead atoms. The Morgan fingerprint density at radius 1 is 0.844 bits per heavy atom. The van der Waals surface area contributed by atoms with Crippen LogP contribution in [-0.2, 0) is 0 Å². The first-order valence-corrected chi connectivity index (χ1v) is 11.7. The first-order valence-electron chi connectivity index (χ1n) is 9.96. The highest BCUT2D eigenvalue weighted by Crippen LogP contribution is 2.35. The zero-order chi connectivity index (χ0) is 22.1. The summed E-state index contributed by atoms with van der Waals surface area (Å²) in [5.41, 5.74) is 4.51. The first kappa shape index (κ1) is 20.4. The number of fused-ring (bicyclic) bond motifs is 1. The van der Waals surface area contributed by atoms with Gasteiger partial charge in [-0.25, -0.2) is 9.97 Å². The van der Waals surface area contributed by atoms with Crippen LogP contribution in [0.3, 0.4) is 0 Å². The predicted molar refractivity (Wildman–Crippen MR) is 132 cm³/mol. The van der Waals surface area contributed by atoms with Gasteiger partial charge >= 0.3 is 0 Å². The zero-order valence-corrected chi connectivity index (χ0v) is 19.1. The molecule has 32 heavy (non-hydrogen) atoms. The van der Waals surface area contributed by atoms with Gasteiger partial charge in [-0.2, -0.15) is 0 Å². The molecule has 0 spiro atoms. The van der Waals surface area contributed by atoms with Crippen LogP contribution < -0.4 is 9.64 Å². The Bertz CT molecular complexity index is 1380. The molecule has 0 unspecified atom stereocenters. The van der Waals surface area contributed by atoms with Gasteiger partial charge in [-0.15, -0.1) is 22.7 Å².